The molecular weight excluding hydrogens is 242 g/mol. The molecule has 0 saturated heterocycles. The highest BCUT2D eigenvalue weighted by Gasteiger charge is 2.23. The van der Waals surface area contributed by atoms with Crippen molar-refractivity contribution in [3.8, 4) is 0 Å². The topological polar surface area (TPSA) is 3.24 Å². The molecule has 0 saturated carbocycles. The molecule has 0 amide bonds. The van der Waals surface area contributed by atoms with Crippen molar-refractivity contribution < 1.29 is 0 Å². The summed E-state index contributed by atoms with van der Waals surface area (Å²) < 4.78 is 0. The summed E-state index contributed by atoms with van der Waals surface area (Å²) in [4.78, 5) is 2.32. The zero-order chi connectivity index (χ0) is 13.9. The van der Waals surface area contributed by atoms with Crippen LogP contribution in [0.5, 0.6) is 0 Å². The monoisotopic (exact) mass is 265 g/mol. The molecule has 0 spiro atoms. The second-order valence-electron chi connectivity index (χ2n) is 6.16. The van der Waals surface area contributed by atoms with Gasteiger partial charge in [0.25, 0.3) is 0 Å². The highest BCUT2D eigenvalue weighted by molar-refractivity contribution is 5.83. The summed E-state index contributed by atoms with van der Waals surface area (Å²) in [6.45, 7) is 1.17. The number of rotatable bonds is 3. The molecule has 3 rings (SSSR count). The Morgan fingerprint density at radius 3 is 2.65 bits per heavy atom. The molecule has 2 unspecified atom stereocenters. The maximum absolute atomic E-state index is 2.42. The van der Waals surface area contributed by atoms with Crippen LogP contribution in [0.2, 0.25) is 0 Å². The van der Waals surface area contributed by atoms with Crippen molar-refractivity contribution in [1.29, 1.82) is 0 Å². The summed E-state index contributed by atoms with van der Waals surface area (Å²) in [5, 5.41) is 2.69. The van der Waals surface area contributed by atoms with E-state index in [2.05, 4.69) is 73.6 Å². The Hall–Kier alpha value is -1.60. The lowest BCUT2D eigenvalue weighted by Crippen LogP contribution is -2.27. The van der Waals surface area contributed by atoms with Gasteiger partial charge in [0.05, 0.1) is 0 Å². The van der Waals surface area contributed by atoms with Gasteiger partial charge in [-0.1, -0.05) is 54.6 Å². The van der Waals surface area contributed by atoms with E-state index in [9.17, 15) is 0 Å². The predicted octanol–water partition coefficient (Wildman–Crippen LogP) is 4.45. The van der Waals surface area contributed by atoms with Crippen molar-refractivity contribution in [2.24, 2.45) is 5.92 Å². The van der Waals surface area contributed by atoms with Crippen LogP contribution in [0.25, 0.3) is 10.8 Å². The zero-order valence-corrected chi connectivity index (χ0v) is 12.4. The average Bonchev–Trinajstić information content (AvgIpc) is 2.47. The average molecular weight is 265 g/mol. The number of allylic oxidation sites excluding steroid dienone is 2. The van der Waals surface area contributed by atoms with E-state index in [1.165, 1.54) is 35.7 Å². The molecule has 2 atom stereocenters. The maximum Gasteiger partial charge on any atom is 0.00587 e. The largest absolute Gasteiger partial charge is 0.309 e. The van der Waals surface area contributed by atoms with Crippen molar-refractivity contribution in [3.63, 3.8) is 0 Å². The minimum Gasteiger partial charge on any atom is -0.309 e. The zero-order valence-electron chi connectivity index (χ0n) is 12.4. The van der Waals surface area contributed by atoms with Gasteiger partial charge in [0, 0.05) is 12.5 Å². The molecule has 104 valence electrons. The van der Waals surface area contributed by atoms with Crippen molar-refractivity contribution in [3.05, 3.63) is 60.2 Å². The van der Waals surface area contributed by atoms with E-state index in [-0.39, 0.29) is 0 Å². The van der Waals surface area contributed by atoms with Crippen LogP contribution in [0.1, 0.15) is 24.3 Å². The first kappa shape index (κ1) is 13.4. The Labute approximate surface area is 121 Å². The van der Waals surface area contributed by atoms with E-state index in [0.717, 1.165) is 5.92 Å². The van der Waals surface area contributed by atoms with Crippen LogP contribution < -0.4 is 0 Å². The first-order chi connectivity index (χ1) is 9.74. The molecule has 2 aromatic carbocycles. The van der Waals surface area contributed by atoms with Gasteiger partial charge in [0.15, 0.2) is 0 Å². The van der Waals surface area contributed by atoms with Crippen LogP contribution in [-0.4, -0.2) is 25.5 Å². The molecule has 0 heterocycles. The minimum absolute atomic E-state index is 0.566. The number of hydrogen-bond acceptors (Lipinski definition) is 1. The van der Waals surface area contributed by atoms with Crippen LogP contribution in [0.15, 0.2) is 54.6 Å². The van der Waals surface area contributed by atoms with Crippen LogP contribution in [0.3, 0.4) is 0 Å². The molecule has 0 radical (unpaired) electrons. The maximum atomic E-state index is 2.42. The lowest BCUT2D eigenvalue weighted by Gasteiger charge is -2.30. The lowest BCUT2D eigenvalue weighted by atomic mass is 9.79. The van der Waals surface area contributed by atoms with E-state index in [0.29, 0.717) is 5.92 Å². The summed E-state index contributed by atoms with van der Waals surface area (Å²) in [5.41, 5.74) is 1.46. The highest BCUT2D eigenvalue weighted by atomic mass is 15.1. The van der Waals surface area contributed by atoms with Crippen LogP contribution >= 0.6 is 0 Å². The third-order valence-electron chi connectivity index (χ3n) is 4.31. The van der Waals surface area contributed by atoms with Crippen molar-refractivity contribution >= 4 is 10.8 Å². The molecule has 0 fully saturated rings. The van der Waals surface area contributed by atoms with Crippen molar-refractivity contribution in [2.75, 3.05) is 20.6 Å². The SMILES string of the molecule is CN(C)CC1CCC=CC1c1ccc2ccccc2c1. The molecule has 1 aliphatic rings. The van der Waals surface area contributed by atoms with E-state index >= 15 is 0 Å². The second-order valence-corrected chi connectivity index (χ2v) is 6.16. The summed E-state index contributed by atoms with van der Waals surface area (Å²) in [6.07, 6.45) is 7.29. The molecule has 2 aromatic rings. The van der Waals surface area contributed by atoms with Gasteiger partial charge < -0.3 is 4.90 Å². The molecule has 0 aromatic heterocycles. The normalized spacial score (nSPS) is 22.6. The van der Waals surface area contributed by atoms with Crippen molar-refractivity contribution in [1.82, 2.24) is 4.90 Å². The van der Waals surface area contributed by atoms with Gasteiger partial charge in [-0.05, 0) is 49.2 Å². The number of fused-ring (bicyclic) bond motifs is 1. The third-order valence-corrected chi connectivity index (χ3v) is 4.31. The summed E-state index contributed by atoms with van der Waals surface area (Å²) in [7, 11) is 4.35. The molecule has 1 heteroatoms. The Kier molecular flexibility index (Phi) is 3.88. The molecule has 1 nitrogen and oxygen atoms in total. The van der Waals surface area contributed by atoms with E-state index in [1.807, 2.05) is 0 Å². The van der Waals surface area contributed by atoms with E-state index in [4.69, 9.17) is 0 Å². The summed E-state index contributed by atoms with van der Waals surface area (Å²) in [5.74, 6) is 1.30. The fraction of sp³-hybridized carbons (Fsp3) is 0.368. The Bertz CT molecular complexity index is 612. The fourth-order valence-electron chi connectivity index (χ4n) is 3.36. The summed E-state index contributed by atoms with van der Waals surface area (Å²) >= 11 is 0. The molecule has 0 aliphatic heterocycles. The van der Waals surface area contributed by atoms with Gasteiger partial charge in [-0.25, -0.2) is 0 Å². The standard InChI is InChI=1S/C19H23N/c1-20(2)14-18-9-5-6-10-19(18)17-12-11-15-7-3-4-8-16(15)13-17/h3-4,6-8,10-13,18-19H,5,9,14H2,1-2H3. The number of benzene rings is 2. The molecule has 20 heavy (non-hydrogen) atoms. The third kappa shape index (κ3) is 2.78. The lowest BCUT2D eigenvalue weighted by molar-refractivity contribution is 0.289. The van der Waals surface area contributed by atoms with Gasteiger partial charge in [-0.15, -0.1) is 0 Å². The highest BCUT2D eigenvalue weighted by Crippen LogP contribution is 2.35. The quantitative estimate of drug-likeness (QED) is 0.741. The van der Waals surface area contributed by atoms with Gasteiger partial charge in [-0.3, -0.25) is 0 Å². The van der Waals surface area contributed by atoms with Crippen molar-refractivity contribution in [2.45, 2.75) is 18.8 Å². The Morgan fingerprint density at radius 1 is 1.05 bits per heavy atom. The predicted molar refractivity (Wildman–Crippen MR) is 87.1 cm³/mol. The number of hydrogen-bond donors (Lipinski definition) is 0. The van der Waals surface area contributed by atoms with Gasteiger partial charge in [0.2, 0.25) is 0 Å². The first-order valence-corrected chi connectivity index (χ1v) is 7.54. The first-order valence-electron chi connectivity index (χ1n) is 7.54. The van der Waals surface area contributed by atoms with Crippen LogP contribution in [-0.2, 0) is 0 Å². The molecule has 1 aliphatic carbocycles. The molecule has 0 N–H and O–H groups in total. The second kappa shape index (κ2) is 5.80. The van der Waals surface area contributed by atoms with Crippen LogP contribution in [0.4, 0.5) is 0 Å². The Balaban J connectivity index is 1.94. The van der Waals surface area contributed by atoms with Crippen LogP contribution in [0, 0.1) is 5.92 Å². The molecule has 0 bridgehead atoms. The number of nitrogens with zero attached hydrogens (tertiary/aromatic N) is 1. The van der Waals surface area contributed by atoms with E-state index in [1.54, 1.807) is 0 Å². The summed E-state index contributed by atoms with van der Waals surface area (Å²) in [6, 6.07) is 15.6. The minimum atomic E-state index is 0.566. The van der Waals surface area contributed by atoms with Gasteiger partial charge >= 0.3 is 0 Å². The van der Waals surface area contributed by atoms with Gasteiger partial charge in [0.1, 0.15) is 0 Å². The smallest absolute Gasteiger partial charge is 0.00587 e. The fourth-order valence-corrected chi connectivity index (χ4v) is 3.36. The molecular formula is C19H23N. The Morgan fingerprint density at radius 2 is 1.85 bits per heavy atom. The van der Waals surface area contributed by atoms with E-state index < -0.39 is 0 Å². The van der Waals surface area contributed by atoms with Gasteiger partial charge in [-0.2, -0.15) is 0 Å².